The van der Waals surface area contributed by atoms with Gasteiger partial charge in [-0.1, -0.05) is 6.08 Å². The molecule has 17 heavy (non-hydrogen) atoms. The average Bonchev–Trinajstić information content (AvgIpc) is 2.40. The third-order valence-electron chi connectivity index (χ3n) is 3.56. The lowest BCUT2D eigenvalue weighted by molar-refractivity contribution is -0.141. The summed E-state index contributed by atoms with van der Waals surface area (Å²) in [4.78, 5) is 16.6. The summed E-state index contributed by atoms with van der Waals surface area (Å²) in [5, 5.41) is 0. The van der Waals surface area contributed by atoms with Crippen molar-refractivity contribution < 1.29 is 9.53 Å². The number of ether oxygens (including phenoxy) is 1. The van der Waals surface area contributed by atoms with E-state index in [-0.39, 0.29) is 5.92 Å². The summed E-state index contributed by atoms with van der Waals surface area (Å²) in [6.45, 7) is 9.54. The molecule has 1 amide bonds. The third-order valence-corrected chi connectivity index (χ3v) is 3.56. The van der Waals surface area contributed by atoms with Crippen LogP contribution in [-0.4, -0.2) is 61.6 Å². The molecule has 2 rings (SSSR count). The minimum atomic E-state index is 0.182. The van der Waals surface area contributed by atoms with Crippen LogP contribution in [-0.2, 0) is 9.53 Å². The van der Waals surface area contributed by atoms with Crippen molar-refractivity contribution in [2.45, 2.75) is 12.8 Å². The summed E-state index contributed by atoms with van der Waals surface area (Å²) >= 11 is 0. The maximum absolute atomic E-state index is 12.3. The Morgan fingerprint density at radius 1 is 1.35 bits per heavy atom. The summed E-state index contributed by atoms with van der Waals surface area (Å²) in [6.07, 6.45) is 4.07. The van der Waals surface area contributed by atoms with Crippen molar-refractivity contribution in [1.29, 1.82) is 0 Å². The van der Waals surface area contributed by atoms with E-state index >= 15 is 0 Å². The van der Waals surface area contributed by atoms with Gasteiger partial charge in [0.15, 0.2) is 0 Å². The molecule has 0 aromatic heterocycles. The smallest absolute Gasteiger partial charge is 0.227 e. The molecule has 0 spiro atoms. The molecular weight excluding hydrogens is 216 g/mol. The highest BCUT2D eigenvalue weighted by atomic mass is 16.5. The van der Waals surface area contributed by atoms with Crippen molar-refractivity contribution in [1.82, 2.24) is 9.80 Å². The number of hydrogen-bond donors (Lipinski definition) is 0. The van der Waals surface area contributed by atoms with E-state index in [9.17, 15) is 4.79 Å². The molecule has 4 nitrogen and oxygen atoms in total. The van der Waals surface area contributed by atoms with E-state index in [4.69, 9.17) is 4.74 Å². The highest BCUT2D eigenvalue weighted by molar-refractivity contribution is 5.79. The summed E-state index contributed by atoms with van der Waals surface area (Å²) in [6, 6.07) is 0. The molecule has 0 aromatic rings. The molecule has 2 saturated heterocycles. The average molecular weight is 238 g/mol. The van der Waals surface area contributed by atoms with E-state index in [2.05, 4.69) is 11.5 Å². The fourth-order valence-electron chi connectivity index (χ4n) is 2.65. The Kier molecular flexibility index (Phi) is 4.57. The lowest BCUT2D eigenvalue weighted by atomic mass is 9.96. The van der Waals surface area contributed by atoms with Crippen molar-refractivity contribution in [2.75, 3.05) is 45.9 Å². The monoisotopic (exact) mass is 238 g/mol. The zero-order valence-corrected chi connectivity index (χ0v) is 10.4. The molecule has 0 radical (unpaired) electrons. The van der Waals surface area contributed by atoms with Crippen LogP contribution in [0.25, 0.3) is 0 Å². The van der Waals surface area contributed by atoms with Crippen LogP contribution in [0, 0.1) is 5.92 Å². The Bertz CT molecular complexity index is 275. The quantitative estimate of drug-likeness (QED) is 0.680. The number of piperidine rings is 1. The van der Waals surface area contributed by atoms with Crippen LogP contribution < -0.4 is 0 Å². The number of hydrogen-bond acceptors (Lipinski definition) is 3. The second kappa shape index (κ2) is 6.17. The van der Waals surface area contributed by atoms with Crippen LogP contribution in [0.15, 0.2) is 12.7 Å². The Balaban J connectivity index is 1.87. The van der Waals surface area contributed by atoms with Crippen LogP contribution in [0.1, 0.15) is 12.8 Å². The zero-order chi connectivity index (χ0) is 12.1. The van der Waals surface area contributed by atoms with Crippen molar-refractivity contribution >= 4 is 5.91 Å². The predicted octanol–water partition coefficient (Wildman–Crippen LogP) is 0.743. The molecule has 0 bridgehead atoms. The summed E-state index contributed by atoms with van der Waals surface area (Å²) in [5.41, 5.74) is 0. The first-order valence-electron chi connectivity index (χ1n) is 6.51. The highest BCUT2D eigenvalue weighted by Gasteiger charge is 2.29. The minimum absolute atomic E-state index is 0.182. The number of nitrogens with zero attached hydrogens (tertiary/aromatic N) is 2. The van der Waals surface area contributed by atoms with Gasteiger partial charge >= 0.3 is 0 Å². The van der Waals surface area contributed by atoms with E-state index in [0.717, 1.165) is 45.6 Å². The number of rotatable bonds is 3. The Morgan fingerprint density at radius 2 is 2.12 bits per heavy atom. The standard InChI is InChI=1S/C13H22N2O2/c1-2-5-14-6-3-4-12(11-14)13(16)15-7-9-17-10-8-15/h2,12H,1,3-11H2. The summed E-state index contributed by atoms with van der Waals surface area (Å²) < 4.78 is 5.28. The molecule has 0 aliphatic carbocycles. The van der Waals surface area contributed by atoms with Crippen LogP contribution in [0.4, 0.5) is 0 Å². The lowest BCUT2D eigenvalue weighted by Crippen LogP contribution is -2.48. The molecule has 1 unspecified atom stereocenters. The van der Waals surface area contributed by atoms with Crippen LogP contribution in [0.3, 0.4) is 0 Å². The van der Waals surface area contributed by atoms with Crippen LogP contribution >= 0.6 is 0 Å². The number of amides is 1. The fourth-order valence-corrected chi connectivity index (χ4v) is 2.65. The maximum Gasteiger partial charge on any atom is 0.227 e. The highest BCUT2D eigenvalue weighted by Crippen LogP contribution is 2.19. The second-order valence-corrected chi connectivity index (χ2v) is 4.83. The summed E-state index contributed by atoms with van der Waals surface area (Å²) in [5.74, 6) is 0.504. The molecule has 0 saturated carbocycles. The first-order valence-corrected chi connectivity index (χ1v) is 6.51. The zero-order valence-electron chi connectivity index (χ0n) is 10.4. The molecule has 96 valence electrons. The number of likely N-dealkylation sites (tertiary alicyclic amines) is 1. The van der Waals surface area contributed by atoms with Gasteiger partial charge in [-0.3, -0.25) is 9.69 Å². The third kappa shape index (κ3) is 3.30. The fraction of sp³-hybridized carbons (Fsp3) is 0.769. The van der Waals surface area contributed by atoms with Gasteiger partial charge < -0.3 is 9.64 Å². The Hall–Kier alpha value is -0.870. The summed E-state index contributed by atoms with van der Waals surface area (Å²) in [7, 11) is 0. The molecular formula is C13H22N2O2. The first kappa shape index (κ1) is 12.6. The maximum atomic E-state index is 12.3. The first-order chi connectivity index (χ1) is 8.31. The van der Waals surface area contributed by atoms with Gasteiger partial charge in [0, 0.05) is 26.2 Å². The normalized spacial score (nSPS) is 26.8. The van der Waals surface area contributed by atoms with Crippen molar-refractivity contribution in [3.8, 4) is 0 Å². The van der Waals surface area contributed by atoms with Gasteiger partial charge in [-0.2, -0.15) is 0 Å². The number of carbonyl (C=O) groups excluding carboxylic acids is 1. The van der Waals surface area contributed by atoms with Crippen LogP contribution in [0.5, 0.6) is 0 Å². The SMILES string of the molecule is C=CCN1CCCC(C(=O)N2CCOCC2)C1. The van der Waals surface area contributed by atoms with E-state index in [1.54, 1.807) is 0 Å². The van der Waals surface area contributed by atoms with Gasteiger partial charge in [0.25, 0.3) is 0 Å². The van der Waals surface area contributed by atoms with Gasteiger partial charge in [0.05, 0.1) is 19.1 Å². The number of morpholine rings is 1. The molecule has 0 aromatic carbocycles. The largest absolute Gasteiger partial charge is 0.378 e. The Labute approximate surface area is 103 Å². The van der Waals surface area contributed by atoms with Crippen molar-refractivity contribution in [2.24, 2.45) is 5.92 Å². The van der Waals surface area contributed by atoms with E-state index in [0.29, 0.717) is 19.1 Å². The predicted molar refractivity (Wildman–Crippen MR) is 66.8 cm³/mol. The van der Waals surface area contributed by atoms with Gasteiger partial charge in [-0.15, -0.1) is 6.58 Å². The lowest BCUT2D eigenvalue weighted by Gasteiger charge is -2.35. The van der Waals surface area contributed by atoms with E-state index in [1.807, 2.05) is 11.0 Å². The van der Waals surface area contributed by atoms with Crippen molar-refractivity contribution in [3.63, 3.8) is 0 Å². The van der Waals surface area contributed by atoms with E-state index in [1.165, 1.54) is 0 Å². The molecule has 2 fully saturated rings. The molecule has 1 atom stereocenters. The van der Waals surface area contributed by atoms with Gasteiger partial charge in [-0.05, 0) is 19.4 Å². The number of carbonyl (C=O) groups is 1. The van der Waals surface area contributed by atoms with Gasteiger partial charge in [0.2, 0.25) is 5.91 Å². The van der Waals surface area contributed by atoms with Crippen LogP contribution in [0.2, 0.25) is 0 Å². The molecule has 4 heteroatoms. The van der Waals surface area contributed by atoms with Gasteiger partial charge in [-0.25, -0.2) is 0 Å². The van der Waals surface area contributed by atoms with Gasteiger partial charge in [0.1, 0.15) is 0 Å². The molecule has 2 aliphatic heterocycles. The minimum Gasteiger partial charge on any atom is -0.378 e. The second-order valence-electron chi connectivity index (χ2n) is 4.83. The van der Waals surface area contributed by atoms with Crippen molar-refractivity contribution in [3.05, 3.63) is 12.7 Å². The van der Waals surface area contributed by atoms with E-state index < -0.39 is 0 Å². The molecule has 2 heterocycles. The molecule has 0 N–H and O–H groups in total. The topological polar surface area (TPSA) is 32.8 Å². The molecule has 2 aliphatic rings. The Morgan fingerprint density at radius 3 is 2.82 bits per heavy atom.